The van der Waals surface area contributed by atoms with E-state index < -0.39 is 10.0 Å². The molecule has 0 radical (unpaired) electrons. The van der Waals surface area contributed by atoms with Crippen molar-refractivity contribution in [3.05, 3.63) is 29.3 Å². The van der Waals surface area contributed by atoms with E-state index in [1.807, 2.05) is 26.0 Å². The van der Waals surface area contributed by atoms with Crippen molar-refractivity contribution in [2.45, 2.75) is 32.1 Å². The fraction of sp³-hybridized carbons (Fsp3) is 0.579. The molecular formula is C19H31N4O4S+. The first-order valence-electron chi connectivity index (χ1n) is 9.68. The number of carbonyl (C=O) groups excluding carboxylic acids is 2. The van der Waals surface area contributed by atoms with E-state index in [1.54, 1.807) is 13.0 Å². The monoisotopic (exact) mass is 411 g/mol. The summed E-state index contributed by atoms with van der Waals surface area (Å²) in [7, 11) is -3.53. The third-order valence-electron chi connectivity index (χ3n) is 4.82. The molecule has 1 aliphatic heterocycles. The van der Waals surface area contributed by atoms with Crippen LogP contribution in [0.15, 0.2) is 23.1 Å². The van der Waals surface area contributed by atoms with Crippen molar-refractivity contribution in [2.75, 3.05) is 45.8 Å². The van der Waals surface area contributed by atoms with Crippen molar-refractivity contribution in [2.24, 2.45) is 0 Å². The maximum absolute atomic E-state index is 12.9. The highest BCUT2D eigenvalue weighted by atomic mass is 32.2. The van der Waals surface area contributed by atoms with Gasteiger partial charge in [-0.05, 0) is 37.5 Å². The Morgan fingerprint density at radius 2 is 1.79 bits per heavy atom. The molecule has 1 saturated heterocycles. The van der Waals surface area contributed by atoms with Crippen LogP contribution in [-0.4, -0.2) is 70.4 Å². The molecule has 8 nitrogen and oxygen atoms in total. The van der Waals surface area contributed by atoms with E-state index >= 15 is 0 Å². The molecule has 0 atom stereocenters. The van der Waals surface area contributed by atoms with Gasteiger partial charge >= 0.3 is 0 Å². The van der Waals surface area contributed by atoms with E-state index in [0.717, 1.165) is 22.4 Å². The summed E-state index contributed by atoms with van der Waals surface area (Å²) >= 11 is 0. The second kappa shape index (κ2) is 9.99. The fourth-order valence-electron chi connectivity index (χ4n) is 3.14. The average molecular weight is 412 g/mol. The lowest BCUT2D eigenvalue weighted by Crippen LogP contribution is -3.15. The summed E-state index contributed by atoms with van der Waals surface area (Å²) in [4.78, 5) is 24.9. The number of hydrogen-bond acceptors (Lipinski definition) is 4. The highest BCUT2D eigenvalue weighted by Gasteiger charge is 2.32. The minimum absolute atomic E-state index is 0.0285. The lowest BCUT2D eigenvalue weighted by atomic mass is 10.2. The maximum Gasteiger partial charge on any atom is 0.275 e. The number of amides is 2. The van der Waals surface area contributed by atoms with Crippen molar-refractivity contribution in [1.29, 1.82) is 0 Å². The molecule has 3 N–H and O–H groups in total. The first-order valence-corrected chi connectivity index (χ1v) is 11.1. The van der Waals surface area contributed by atoms with Crippen LogP contribution >= 0.6 is 0 Å². The third-order valence-corrected chi connectivity index (χ3v) is 6.86. The van der Waals surface area contributed by atoms with Crippen molar-refractivity contribution < 1.29 is 22.9 Å². The summed E-state index contributed by atoms with van der Waals surface area (Å²) in [6.45, 7) is 8.29. The van der Waals surface area contributed by atoms with Gasteiger partial charge in [0.25, 0.3) is 5.91 Å². The van der Waals surface area contributed by atoms with E-state index in [0.29, 0.717) is 37.6 Å². The van der Waals surface area contributed by atoms with Gasteiger partial charge in [0.15, 0.2) is 6.54 Å². The van der Waals surface area contributed by atoms with E-state index in [4.69, 9.17) is 0 Å². The van der Waals surface area contributed by atoms with Crippen molar-refractivity contribution in [3.8, 4) is 0 Å². The van der Waals surface area contributed by atoms with Gasteiger partial charge in [-0.1, -0.05) is 19.1 Å². The Bertz CT molecular complexity index is 802. The zero-order chi connectivity index (χ0) is 20.7. The number of sulfonamides is 1. The van der Waals surface area contributed by atoms with E-state index in [9.17, 15) is 18.0 Å². The fourth-order valence-corrected chi connectivity index (χ4v) is 4.89. The minimum Gasteiger partial charge on any atom is -0.355 e. The molecular weight excluding hydrogens is 380 g/mol. The number of hydrogen-bond donors (Lipinski definition) is 3. The second-order valence-electron chi connectivity index (χ2n) is 7.23. The molecule has 1 aromatic rings. The van der Waals surface area contributed by atoms with Gasteiger partial charge in [0, 0.05) is 6.54 Å². The number of aryl methyl sites for hydroxylation is 2. The SMILES string of the molecule is CCCNC(=O)CNC(=O)C[NH+]1CCN(S(=O)(=O)c2cc(C)ccc2C)CC1. The summed E-state index contributed by atoms with van der Waals surface area (Å²) in [5.41, 5.74) is 1.65. The molecule has 0 saturated carbocycles. The van der Waals surface area contributed by atoms with Gasteiger partial charge in [-0.25, -0.2) is 8.42 Å². The molecule has 0 unspecified atom stereocenters. The Balaban J connectivity index is 1.84. The van der Waals surface area contributed by atoms with Gasteiger partial charge in [-0.2, -0.15) is 4.31 Å². The number of benzene rings is 1. The Kier molecular flexibility index (Phi) is 7.97. The van der Waals surface area contributed by atoms with Gasteiger partial charge in [-0.15, -0.1) is 0 Å². The number of quaternary nitrogens is 1. The molecule has 156 valence electrons. The molecule has 2 amide bonds. The summed E-state index contributed by atoms with van der Waals surface area (Å²) in [6.07, 6.45) is 0.846. The molecule has 0 aromatic heterocycles. The van der Waals surface area contributed by atoms with Crippen LogP contribution in [0.1, 0.15) is 24.5 Å². The van der Waals surface area contributed by atoms with Crippen molar-refractivity contribution in [1.82, 2.24) is 14.9 Å². The van der Waals surface area contributed by atoms with Gasteiger partial charge in [0.05, 0.1) is 37.6 Å². The zero-order valence-electron chi connectivity index (χ0n) is 16.9. The van der Waals surface area contributed by atoms with Crippen LogP contribution in [0.5, 0.6) is 0 Å². The van der Waals surface area contributed by atoms with Crippen LogP contribution in [0.2, 0.25) is 0 Å². The number of nitrogens with one attached hydrogen (secondary N) is 3. The molecule has 1 fully saturated rings. The van der Waals surface area contributed by atoms with Crippen molar-refractivity contribution >= 4 is 21.8 Å². The van der Waals surface area contributed by atoms with Crippen LogP contribution in [0.4, 0.5) is 0 Å². The highest BCUT2D eigenvalue weighted by molar-refractivity contribution is 7.89. The van der Waals surface area contributed by atoms with Crippen LogP contribution in [0.3, 0.4) is 0 Å². The highest BCUT2D eigenvalue weighted by Crippen LogP contribution is 2.21. The van der Waals surface area contributed by atoms with Gasteiger partial charge in [0.2, 0.25) is 15.9 Å². The van der Waals surface area contributed by atoms with Crippen molar-refractivity contribution in [3.63, 3.8) is 0 Å². The van der Waals surface area contributed by atoms with E-state index in [-0.39, 0.29) is 24.9 Å². The topological polar surface area (TPSA) is 100 Å². The van der Waals surface area contributed by atoms with Gasteiger partial charge in [-0.3, -0.25) is 9.59 Å². The zero-order valence-corrected chi connectivity index (χ0v) is 17.7. The predicted octanol–water partition coefficient (Wildman–Crippen LogP) is -1.16. The van der Waals surface area contributed by atoms with Crippen LogP contribution in [0, 0.1) is 13.8 Å². The standard InChI is InChI=1S/C19H30N4O4S/c1-4-7-20-18(24)13-21-19(25)14-22-8-10-23(11-9-22)28(26,27)17-12-15(2)5-6-16(17)3/h5-6,12H,4,7-11,13-14H2,1-3H3,(H,20,24)(H,21,25)/p+1. The van der Waals surface area contributed by atoms with Crippen LogP contribution in [0.25, 0.3) is 0 Å². The van der Waals surface area contributed by atoms with Gasteiger partial charge < -0.3 is 15.5 Å². The molecule has 0 aliphatic carbocycles. The van der Waals surface area contributed by atoms with Crippen LogP contribution in [-0.2, 0) is 19.6 Å². The second-order valence-corrected chi connectivity index (χ2v) is 9.13. The maximum atomic E-state index is 12.9. The number of piperazine rings is 1. The number of nitrogens with zero attached hydrogens (tertiary/aromatic N) is 1. The minimum atomic E-state index is -3.53. The third kappa shape index (κ3) is 6.02. The Morgan fingerprint density at radius 1 is 1.11 bits per heavy atom. The number of rotatable bonds is 8. The summed E-state index contributed by atoms with van der Waals surface area (Å²) in [5, 5.41) is 5.32. The molecule has 1 heterocycles. The quantitative estimate of drug-likeness (QED) is 0.502. The normalized spacial score (nSPS) is 16.0. The smallest absolute Gasteiger partial charge is 0.275 e. The van der Waals surface area contributed by atoms with Gasteiger partial charge in [0.1, 0.15) is 0 Å². The first kappa shape index (κ1) is 22.3. The molecule has 1 aliphatic rings. The number of carbonyl (C=O) groups is 2. The largest absolute Gasteiger partial charge is 0.355 e. The molecule has 28 heavy (non-hydrogen) atoms. The summed E-state index contributed by atoms with van der Waals surface area (Å²) < 4.78 is 27.4. The Labute approximate surface area is 167 Å². The molecule has 0 bridgehead atoms. The Morgan fingerprint density at radius 3 is 2.43 bits per heavy atom. The average Bonchev–Trinajstić information content (AvgIpc) is 2.67. The lowest BCUT2D eigenvalue weighted by Gasteiger charge is -2.31. The summed E-state index contributed by atoms with van der Waals surface area (Å²) in [6, 6.07) is 5.43. The van der Waals surface area contributed by atoms with E-state index in [2.05, 4.69) is 10.6 Å². The molecule has 0 spiro atoms. The predicted molar refractivity (Wildman–Crippen MR) is 107 cm³/mol. The summed E-state index contributed by atoms with van der Waals surface area (Å²) in [5.74, 6) is -0.401. The molecule has 2 rings (SSSR count). The molecule has 1 aromatic carbocycles. The van der Waals surface area contributed by atoms with E-state index in [1.165, 1.54) is 4.31 Å². The Hall–Kier alpha value is -1.97. The first-order chi connectivity index (χ1) is 13.2. The molecule has 9 heteroatoms. The van der Waals surface area contributed by atoms with Crippen LogP contribution < -0.4 is 15.5 Å². The lowest BCUT2D eigenvalue weighted by molar-refractivity contribution is -0.895.